The maximum atomic E-state index is 12.1. The Bertz CT molecular complexity index is 152. The molecule has 1 nitrogen and oxygen atoms in total. The molecular weight excluding hydrogens is 119 g/mol. The number of hydrogen-bond acceptors (Lipinski definition) is 1. The van der Waals surface area contributed by atoms with E-state index in [1.165, 1.54) is 13.0 Å². The van der Waals surface area contributed by atoms with Crippen molar-refractivity contribution in [2.24, 2.45) is 0 Å². The topological polar surface area (TPSA) is 17.1 Å². The van der Waals surface area contributed by atoms with E-state index in [1.54, 1.807) is 6.92 Å². The van der Waals surface area contributed by atoms with Crippen LogP contribution in [0.3, 0.4) is 0 Å². The molecule has 0 amide bonds. The highest BCUT2D eigenvalue weighted by atomic mass is 19.1. The Morgan fingerprint density at radius 3 is 2.11 bits per heavy atom. The highest BCUT2D eigenvalue weighted by Gasteiger charge is 2.04. The number of carbonyl (C=O) groups is 1. The first kappa shape index (κ1) is 8.08. The monoisotopic (exact) mass is 128 g/mol. The van der Waals surface area contributed by atoms with Gasteiger partial charge in [-0.25, -0.2) is 4.39 Å². The Morgan fingerprint density at radius 2 is 2.11 bits per heavy atom. The second kappa shape index (κ2) is 3.17. The van der Waals surface area contributed by atoms with Gasteiger partial charge in [0.25, 0.3) is 0 Å². The molecule has 0 aliphatic rings. The lowest BCUT2D eigenvalue weighted by Crippen LogP contribution is -1.94. The lowest BCUT2D eigenvalue weighted by Gasteiger charge is -1.93. The predicted molar refractivity (Wildman–Crippen MR) is 34.7 cm³/mol. The van der Waals surface area contributed by atoms with Crippen molar-refractivity contribution < 1.29 is 9.18 Å². The third kappa shape index (κ3) is 2.22. The lowest BCUT2D eigenvalue weighted by atomic mass is 10.2. The Hall–Kier alpha value is -0.920. The van der Waals surface area contributed by atoms with Crippen LogP contribution in [0.25, 0.3) is 0 Å². The molecule has 0 atom stereocenters. The predicted octanol–water partition coefficient (Wildman–Crippen LogP) is 2.00. The third-order valence-corrected chi connectivity index (χ3v) is 0.960. The van der Waals surface area contributed by atoms with Gasteiger partial charge in [0, 0.05) is 5.57 Å². The molecule has 0 bridgehead atoms. The number of ketones is 1. The molecule has 0 aromatic heterocycles. The van der Waals surface area contributed by atoms with Crippen LogP contribution in [-0.2, 0) is 4.79 Å². The first-order chi connectivity index (χ1) is 4.09. The van der Waals surface area contributed by atoms with E-state index in [-0.39, 0.29) is 11.4 Å². The normalized spacial score (nSPS) is 11.2. The van der Waals surface area contributed by atoms with E-state index in [9.17, 15) is 9.18 Å². The van der Waals surface area contributed by atoms with Gasteiger partial charge in [-0.3, -0.25) is 4.79 Å². The van der Waals surface area contributed by atoms with Gasteiger partial charge in [-0.1, -0.05) is 12.7 Å². The van der Waals surface area contributed by atoms with E-state index in [0.717, 1.165) is 0 Å². The minimum absolute atomic E-state index is 0.0648. The minimum Gasteiger partial charge on any atom is -0.294 e. The van der Waals surface area contributed by atoms with Crippen molar-refractivity contribution in [3.8, 4) is 0 Å². The Labute approximate surface area is 53.9 Å². The van der Waals surface area contributed by atoms with Crippen LogP contribution in [0, 0.1) is 0 Å². The molecule has 9 heavy (non-hydrogen) atoms. The van der Waals surface area contributed by atoms with Crippen LogP contribution >= 0.6 is 0 Å². The molecule has 0 unspecified atom stereocenters. The fraction of sp³-hybridized carbons (Fsp3) is 0.286. The van der Waals surface area contributed by atoms with Gasteiger partial charge in [-0.15, -0.1) is 0 Å². The summed E-state index contributed by atoms with van der Waals surface area (Å²) in [6.07, 6.45) is 1.41. The van der Waals surface area contributed by atoms with Gasteiger partial charge in [0.2, 0.25) is 0 Å². The van der Waals surface area contributed by atoms with E-state index in [2.05, 4.69) is 6.58 Å². The number of allylic oxidation sites excluding steroid dienone is 3. The van der Waals surface area contributed by atoms with E-state index < -0.39 is 5.83 Å². The van der Waals surface area contributed by atoms with Crippen molar-refractivity contribution in [1.82, 2.24) is 0 Å². The van der Waals surface area contributed by atoms with Crippen molar-refractivity contribution in [3.63, 3.8) is 0 Å². The number of hydrogen-bond donors (Lipinski definition) is 0. The first-order valence-corrected chi connectivity index (χ1v) is 2.61. The van der Waals surface area contributed by atoms with Gasteiger partial charge < -0.3 is 0 Å². The fourth-order valence-electron chi connectivity index (χ4n) is 0.551. The zero-order chi connectivity index (χ0) is 7.44. The quantitative estimate of drug-likeness (QED) is 0.410. The second-order valence-electron chi connectivity index (χ2n) is 1.66. The smallest absolute Gasteiger partial charge is 0.162 e. The standard InChI is InChI=1S/C7H9FO/c1-4-7(5(2)8)6(3)9/h4H,2H2,1,3H3/b7-4+. The van der Waals surface area contributed by atoms with E-state index in [4.69, 9.17) is 0 Å². The summed E-state index contributed by atoms with van der Waals surface area (Å²) in [5.74, 6) is -0.949. The fourth-order valence-corrected chi connectivity index (χ4v) is 0.551. The average molecular weight is 128 g/mol. The van der Waals surface area contributed by atoms with Crippen molar-refractivity contribution in [2.45, 2.75) is 13.8 Å². The van der Waals surface area contributed by atoms with Crippen molar-refractivity contribution in [3.05, 3.63) is 24.1 Å². The van der Waals surface area contributed by atoms with Crippen molar-refractivity contribution in [2.75, 3.05) is 0 Å². The van der Waals surface area contributed by atoms with Crippen LogP contribution in [-0.4, -0.2) is 5.78 Å². The van der Waals surface area contributed by atoms with Crippen molar-refractivity contribution >= 4 is 5.78 Å². The van der Waals surface area contributed by atoms with Gasteiger partial charge in [0.05, 0.1) is 0 Å². The molecule has 0 N–H and O–H groups in total. The largest absolute Gasteiger partial charge is 0.294 e. The molecule has 0 saturated heterocycles. The molecule has 0 spiro atoms. The lowest BCUT2D eigenvalue weighted by molar-refractivity contribution is -0.113. The molecule has 50 valence electrons. The van der Waals surface area contributed by atoms with Crippen LogP contribution < -0.4 is 0 Å². The van der Waals surface area contributed by atoms with Crippen molar-refractivity contribution in [1.29, 1.82) is 0 Å². The Balaban J connectivity index is 4.38. The number of rotatable bonds is 2. The molecule has 0 heterocycles. The highest BCUT2D eigenvalue weighted by Crippen LogP contribution is 2.08. The minimum atomic E-state index is -0.662. The zero-order valence-corrected chi connectivity index (χ0v) is 5.57. The number of carbonyl (C=O) groups excluding carboxylic acids is 1. The van der Waals surface area contributed by atoms with Crippen LogP contribution in [0.1, 0.15) is 13.8 Å². The summed E-state index contributed by atoms with van der Waals surface area (Å²) in [5.41, 5.74) is 0.0648. The first-order valence-electron chi connectivity index (χ1n) is 2.61. The summed E-state index contributed by atoms with van der Waals surface area (Å²) >= 11 is 0. The Kier molecular flexibility index (Phi) is 2.85. The van der Waals surface area contributed by atoms with E-state index in [1.807, 2.05) is 0 Å². The van der Waals surface area contributed by atoms with Gasteiger partial charge in [-0.05, 0) is 13.8 Å². The van der Waals surface area contributed by atoms with Crippen LogP contribution in [0.2, 0.25) is 0 Å². The average Bonchev–Trinajstić information content (AvgIpc) is 1.64. The highest BCUT2D eigenvalue weighted by molar-refractivity contribution is 5.96. The van der Waals surface area contributed by atoms with Gasteiger partial charge >= 0.3 is 0 Å². The SMILES string of the molecule is C=C(F)/C(=C\C)C(C)=O. The summed E-state index contributed by atoms with van der Waals surface area (Å²) in [6.45, 7) is 5.90. The summed E-state index contributed by atoms with van der Waals surface area (Å²) in [5, 5.41) is 0. The molecule has 0 rings (SSSR count). The number of halogens is 1. The van der Waals surface area contributed by atoms with Crippen LogP contribution in [0.15, 0.2) is 24.1 Å². The van der Waals surface area contributed by atoms with Gasteiger partial charge in [0.1, 0.15) is 5.83 Å². The molecule has 0 saturated carbocycles. The summed E-state index contributed by atoms with van der Waals surface area (Å²) in [4.78, 5) is 10.4. The summed E-state index contributed by atoms with van der Waals surface area (Å²) < 4.78 is 12.1. The van der Waals surface area contributed by atoms with E-state index >= 15 is 0 Å². The zero-order valence-electron chi connectivity index (χ0n) is 5.57. The van der Waals surface area contributed by atoms with Crippen LogP contribution in [0.4, 0.5) is 4.39 Å². The molecule has 0 aromatic rings. The van der Waals surface area contributed by atoms with Crippen LogP contribution in [0.5, 0.6) is 0 Å². The molecule has 0 aliphatic carbocycles. The summed E-state index contributed by atoms with van der Waals surface area (Å²) in [7, 11) is 0. The molecule has 0 radical (unpaired) electrons. The molecule has 0 aromatic carbocycles. The Morgan fingerprint density at radius 1 is 1.67 bits per heavy atom. The van der Waals surface area contributed by atoms with E-state index in [0.29, 0.717) is 0 Å². The molecule has 2 heteroatoms. The van der Waals surface area contributed by atoms with Gasteiger partial charge in [-0.2, -0.15) is 0 Å². The summed E-state index contributed by atoms with van der Waals surface area (Å²) in [6, 6.07) is 0. The maximum Gasteiger partial charge on any atom is 0.162 e. The second-order valence-corrected chi connectivity index (χ2v) is 1.66. The molecule has 0 fully saturated rings. The molecular formula is C7H9FO. The number of Topliss-reactive ketones (excluding diaryl/α,β-unsaturated/α-hetero) is 1. The maximum absolute atomic E-state index is 12.1. The molecule has 0 aliphatic heterocycles. The third-order valence-electron chi connectivity index (χ3n) is 0.960. The van der Waals surface area contributed by atoms with Gasteiger partial charge in [0.15, 0.2) is 5.78 Å².